The summed E-state index contributed by atoms with van der Waals surface area (Å²) < 4.78 is 0. The van der Waals surface area contributed by atoms with Crippen LogP contribution in [0, 0.1) is 0 Å². The van der Waals surface area contributed by atoms with Gasteiger partial charge in [0.05, 0.1) is 0 Å². The lowest BCUT2D eigenvalue weighted by molar-refractivity contribution is 0.925. The number of anilines is 1. The number of H-pyrrole nitrogens is 1. The highest BCUT2D eigenvalue weighted by Gasteiger charge is 2.01. The van der Waals surface area contributed by atoms with Gasteiger partial charge in [-0.15, -0.1) is 5.10 Å². The van der Waals surface area contributed by atoms with Gasteiger partial charge in [-0.2, -0.15) is 0 Å². The van der Waals surface area contributed by atoms with Crippen molar-refractivity contribution in [3.8, 4) is 0 Å². The van der Waals surface area contributed by atoms with Gasteiger partial charge in [-0.1, -0.05) is 23.4 Å². The monoisotopic (exact) mass is 184 g/mol. The summed E-state index contributed by atoms with van der Waals surface area (Å²) in [6, 6.07) is 8.07. The van der Waals surface area contributed by atoms with Gasteiger partial charge in [-0.05, 0) is 12.1 Å². The second kappa shape index (κ2) is 2.70. The van der Waals surface area contributed by atoms with Crippen molar-refractivity contribution in [3.63, 3.8) is 0 Å². The first-order valence-corrected chi connectivity index (χ1v) is 4.38. The van der Waals surface area contributed by atoms with E-state index in [2.05, 4.69) is 20.7 Å². The molecule has 1 aromatic heterocycles. The van der Waals surface area contributed by atoms with Gasteiger partial charge in [0.25, 0.3) is 0 Å². The fourth-order valence-electron chi connectivity index (χ4n) is 1.51. The zero-order valence-electron chi connectivity index (χ0n) is 7.36. The van der Waals surface area contributed by atoms with Crippen molar-refractivity contribution in [1.82, 2.24) is 15.4 Å². The molecule has 0 radical (unpaired) electrons. The molecule has 3 rings (SSSR count). The van der Waals surface area contributed by atoms with Gasteiger partial charge in [-0.3, -0.25) is 5.10 Å². The summed E-state index contributed by atoms with van der Waals surface area (Å²) in [4.78, 5) is 0. The van der Waals surface area contributed by atoms with Crippen LogP contribution < -0.4 is 16.0 Å². The van der Waals surface area contributed by atoms with Crippen molar-refractivity contribution < 1.29 is 0 Å². The van der Waals surface area contributed by atoms with Crippen LogP contribution in [-0.2, 0) is 0 Å². The molecular formula is C10H8N4. The molecule has 1 aliphatic rings. The van der Waals surface area contributed by atoms with Crippen LogP contribution in [0.1, 0.15) is 5.56 Å². The molecule has 68 valence electrons. The third-order valence-electron chi connectivity index (χ3n) is 2.23. The zero-order valence-corrected chi connectivity index (χ0v) is 7.36. The lowest BCUT2D eigenvalue weighted by atomic mass is 10.2. The van der Waals surface area contributed by atoms with Crippen molar-refractivity contribution >= 4 is 18.0 Å². The maximum absolute atomic E-state index is 3.98. The smallest absolute Gasteiger partial charge is 0.115 e. The summed E-state index contributed by atoms with van der Waals surface area (Å²) >= 11 is 0. The highest BCUT2D eigenvalue weighted by molar-refractivity contribution is 5.71. The van der Waals surface area contributed by atoms with Gasteiger partial charge in [0, 0.05) is 17.5 Å². The number of rotatable bonds is 0. The van der Waals surface area contributed by atoms with Gasteiger partial charge in [-0.25, -0.2) is 0 Å². The first-order chi connectivity index (χ1) is 6.93. The van der Waals surface area contributed by atoms with E-state index in [1.807, 2.05) is 36.5 Å². The molecule has 2 N–H and O–H groups in total. The lowest BCUT2D eigenvalue weighted by Gasteiger charge is -2.02. The van der Waals surface area contributed by atoms with Crippen LogP contribution in [0.25, 0.3) is 12.3 Å². The molecule has 1 aliphatic heterocycles. The van der Waals surface area contributed by atoms with E-state index in [1.165, 1.54) is 0 Å². The van der Waals surface area contributed by atoms with E-state index in [4.69, 9.17) is 0 Å². The summed E-state index contributed by atoms with van der Waals surface area (Å²) in [6.45, 7) is 0. The van der Waals surface area contributed by atoms with Crippen molar-refractivity contribution in [2.45, 2.75) is 0 Å². The SMILES string of the molecule is C1=c2nn[nH]c2=CNc2ccccc21. The van der Waals surface area contributed by atoms with Gasteiger partial charge in [0.2, 0.25) is 0 Å². The second-order valence-electron chi connectivity index (χ2n) is 3.13. The highest BCUT2D eigenvalue weighted by atomic mass is 15.3. The second-order valence-corrected chi connectivity index (χ2v) is 3.13. The van der Waals surface area contributed by atoms with Crippen molar-refractivity contribution in [2.75, 3.05) is 5.32 Å². The van der Waals surface area contributed by atoms with E-state index in [0.29, 0.717) is 0 Å². The average molecular weight is 184 g/mol. The maximum Gasteiger partial charge on any atom is 0.115 e. The number of hydrogen-bond donors (Lipinski definition) is 2. The van der Waals surface area contributed by atoms with Crippen LogP contribution in [0.3, 0.4) is 0 Å². The Balaban J connectivity index is 2.36. The van der Waals surface area contributed by atoms with Crippen molar-refractivity contribution in [2.24, 2.45) is 0 Å². The molecular weight excluding hydrogens is 176 g/mol. The molecule has 0 amide bonds. The van der Waals surface area contributed by atoms with E-state index in [9.17, 15) is 0 Å². The minimum atomic E-state index is 0.863. The summed E-state index contributed by atoms with van der Waals surface area (Å²) in [5, 5.41) is 15.5. The molecule has 4 nitrogen and oxygen atoms in total. The first kappa shape index (κ1) is 7.32. The fourth-order valence-corrected chi connectivity index (χ4v) is 1.51. The van der Waals surface area contributed by atoms with Crippen LogP contribution in [-0.4, -0.2) is 15.4 Å². The molecule has 0 saturated carbocycles. The standard InChI is InChI=1S/C10H8N4/c1-2-4-8-7(3-1)5-9-10(6-11-8)13-14-12-9/h1-6,11H,(H,12,13). The van der Waals surface area contributed by atoms with E-state index < -0.39 is 0 Å². The number of fused-ring (bicyclic) bond motifs is 2. The maximum atomic E-state index is 3.98. The van der Waals surface area contributed by atoms with Crippen molar-refractivity contribution in [1.29, 1.82) is 0 Å². The van der Waals surface area contributed by atoms with Crippen LogP contribution in [0.2, 0.25) is 0 Å². The summed E-state index contributed by atoms with van der Waals surface area (Å²) in [6.07, 6.45) is 3.88. The van der Waals surface area contributed by atoms with E-state index in [1.54, 1.807) is 0 Å². The van der Waals surface area contributed by atoms with Gasteiger partial charge in [0.15, 0.2) is 0 Å². The van der Waals surface area contributed by atoms with Gasteiger partial charge in [0.1, 0.15) is 10.7 Å². The molecule has 0 atom stereocenters. The van der Waals surface area contributed by atoms with Gasteiger partial charge >= 0.3 is 0 Å². The quantitative estimate of drug-likeness (QED) is 0.596. The Labute approximate surface area is 80.0 Å². The molecule has 0 spiro atoms. The molecule has 0 fully saturated rings. The van der Waals surface area contributed by atoms with Crippen LogP contribution in [0.4, 0.5) is 5.69 Å². The summed E-state index contributed by atoms with van der Waals surface area (Å²) in [5.74, 6) is 0. The molecule has 14 heavy (non-hydrogen) atoms. The van der Waals surface area contributed by atoms with E-state index in [0.717, 1.165) is 21.9 Å². The Kier molecular flexibility index (Phi) is 1.41. The molecule has 2 aromatic rings. The van der Waals surface area contributed by atoms with Crippen LogP contribution in [0.15, 0.2) is 24.3 Å². The largest absolute Gasteiger partial charge is 0.359 e. The molecule has 1 aromatic carbocycles. The normalized spacial score (nSPS) is 12.6. The van der Waals surface area contributed by atoms with Crippen LogP contribution >= 0.6 is 0 Å². The molecule has 0 bridgehead atoms. The highest BCUT2D eigenvalue weighted by Crippen LogP contribution is 2.15. The Bertz CT molecular complexity index is 582. The van der Waals surface area contributed by atoms with Crippen molar-refractivity contribution in [3.05, 3.63) is 40.5 Å². The minimum Gasteiger partial charge on any atom is -0.359 e. The molecule has 2 heterocycles. The fraction of sp³-hybridized carbons (Fsp3) is 0. The Hall–Kier alpha value is -2.10. The van der Waals surface area contributed by atoms with Crippen LogP contribution in [0.5, 0.6) is 0 Å². The lowest BCUT2D eigenvalue weighted by Crippen LogP contribution is -2.24. The number of nitrogens with zero attached hydrogens (tertiary/aromatic N) is 2. The Morgan fingerprint density at radius 1 is 1.14 bits per heavy atom. The zero-order chi connectivity index (χ0) is 9.38. The molecule has 0 unspecified atom stereocenters. The number of benzene rings is 1. The number of hydrogen-bond acceptors (Lipinski definition) is 3. The first-order valence-electron chi connectivity index (χ1n) is 4.38. The van der Waals surface area contributed by atoms with Gasteiger partial charge < -0.3 is 5.32 Å². The molecule has 0 saturated heterocycles. The minimum absolute atomic E-state index is 0.863. The number of aromatic nitrogens is 3. The predicted octanol–water partition coefficient (Wildman–Crippen LogP) is -0.203. The molecule has 0 aliphatic carbocycles. The Morgan fingerprint density at radius 2 is 2.07 bits per heavy atom. The van der Waals surface area contributed by atoms with E-state index in [-0.39, 0.29) is 0 Å². The predicted molar refractivity (Wildman–Crippen MR) is 53.7 cm³/mol. The number of nitrogens with one attached hydrogen (secondary N) is 2. The third kappa shape index (κ3) is 1.01. The average Bonchev–Trinajstić information content (AvgIpc) is 2.58. The number of para-hydroxylation sites is 1. The number of aromatic amines is 1. The Morgan fingerprint density at radius 3 is 3.07 bits per heavy atom. The third-order valence-corrected chi connectivity index (χ3v) is 2.23. The topological polar surface area (TPSA) is 53.6 Å². The van der Waals surface area contributed by atoms with E-state index >= 15 is 0 Å². The summed E-state index contributed by atoms with van der Waals surface area (Å²) in [7, 11) is 0. The summed E-state index contributed by atoms with van der Waals surface area (Å²) in [5.41, 5.74) is 2.20. The molecule has 4 heteroatoms.